The Labute approximate surface area is 218 Å². The second-order valence-corrected chi connectivity index (χ2v) is 9.54. The Kier molecular flexibility index (Phi) is 9.00. The summed E-state index contributed by atoms with van der Waals surface area (Å²) >= 11 is 0. The average molecular weight is 507 g/mol. The van der Waals surface area contributed by atoms with Gasteiger partial charge in [0.1, 0.15) is 11.6 Å². The zero-order chi connectivity index (χ0) is 26.2. The van der Waals surface area contributed by atoms with Crippen LogP contribution in [-0.4, -0.2) is 39.0 Å². The molecule has 0 saturated carbocycles. The van der Waals surface area contributed by atoms with Crippen molar-refractivity contribution < 1.29 is 14.6 Å². The summed E-state index contributed by atoms with van der Waals surface area (Å²) in [6, 6.07) is 9.54. The zero-order valence-corrected chi connectivity index (χ0v) is 21.8. The van der Waals surface area contributed by atoms with Crippen molar-refractivity contribution in [3.05, 3.63) is 65.1 Å². The molecule has 0 spiro atoms. The highest BCUT2D eigenvalue weighted by atomic mass is 16.5. The van der Waals surface area contributed by atoms with Crippen molar-refractivity contribution in [3.63, 3.8) is 0 Å². The molecule has 0 radical (unpaired) electrons. The highest BCUT2D eigenvalue weighted by Gasteiger charge is 2.25. The first-order chi connectivity index (χ1) is 18.0. The van der Waals surface area contributed by atoms with Crippen LogP contribution in [0.4, 0.5) is 11.5 Å². The van der Waals surface area contributed by atoms with E-state index in [0.717, 1.165) is 79.3 Å². The maximum atomic E-state index is 11.7. The van der Waals surface area contributed by atoms with Crippen LogP contribution in [0.25, 0.3) is 0 Å². The van der Waals surface area contributed by atoms with Crippen molar-refractivity contribution in [2.75, 3.05) is 23.5 Å². The van der Waals surface area contributed by atoms with Crippen molar-refractivity contribution in [1.82, 2.24) is 14.8 Å². The van der Waals surface area contributed by atoms with Crippen LogP contribution < -0.4 is 20.9 Å². The van der Waals surface area contributed by atoms with Gasteiger partial charge < -0.3 is 20.2 Å². The van der Waals surface area contributed by atoms with Crippen LogP contribution in [-0.2, 0) is 30.6 Å². The Morgan fingerprint density at radius 3 is 2.89 bits per heavy atom. The number of hydrazine groups is 1. The summed E-state index contributed by atoms with van der Waals surface area (Å²) in [6.45, 7) is 6.44. The lowest BCUT2D eigenvalue weighted by molar-refractivity contribution is -0.137. The number of hydrogen-bond donors (Lipinski definition) is 3. The minimum absolute atomic E-state index is 0.124. The fourth-order valence-corrected chi connectivity index (χ4v) is 4.77. The lowest BCUT2D eigenvalue weighted by Crippen LogP contribution is -2.37. The van der Waals surface area contributed by atoms with E-state index < -0.39 is 12.0 Å². The number of nitrogens with zero attached hydrogens (tertiary/aromatic N) is 4. The number of aryl methyl sites for hydroxylation is 3. The predicted molar refractivity (Wildman–Crippen MR) is 145 cm³/mol. The van der Waals surface area contributed by atoms with E-state index >= 15 is 0 Å². The second-order valence-electron chi connectivity index (χ2n) is 9.54. The average Bonchev–Trinajstić information content (AvgIpc) is 3.36. The summed E-state index contributed by atoms with van der Waals surface area (Å²) in [7, 11) is 0. The van der Waals surface area contributed by atoms with Gasteiger partial charge in [-0.2, -0.15) is 5.10 Å². The normalized spacial score (nSPS) is 13.5. The molecule has 37 heavy (non-hydrogen) atoms. The SMILES string of the molecule is CCCc1cc(OCCc2ccc3c(n2)NCCC3)ccc1N(N)C(CC(=O)O)c1cnn(CCC)c1. The summed E-state index contributed by atoms with van der Waals surface area (Å²) in [5.74, 6) is 7.45. The lowest BCUT2D eigenvalue weighted by atomic mass is 10.0. The fraction of sp³-hybridized carbons (Fsp3) is 0.464. The molecule has 1 unspecified atom stereocenters. The molecule has 0 aliphatic carbocycles. The van der Waals surface area contributed by atoms with Gasteiger partial charge in [0.2, 0.25) is 0 Å². The molecular weight excluding hydrogens is 468 g/mol. The molecule has 2 aromatic heterocycles. The van der Waals surface area contributed by atoms with Crippen LogP contribution in [0.1, 0.15) is 68.0 Å². The van der Waals surface area contributed by atoms with Crippen LogP contribution in [0, 0.1) is 0 Å². The summed E-state index contributed by atoms with van der Waals surface area (Å²) < 4.78 is 7.92. The molecular formula is C28H38N6O3. The number of carboxylic acid groups (broad SMARTS) is 1. The van der Waals surface area contributed by atoms with Gasteiger partial charge in [0.05, 0.1) is 31.0 Å². The molecule has 9 heteroatoms. The molecule has 0 saturated heterocycles. The van der Waals surface area contributed by atoms with Gasteiger partial charge in [-0.15, -0.1) is 0 Å². The van der Waals surface area contributed by atoms with E-state index in [4.69, 9.17) is 15.6 Å². The number of hydrogen-bond acceptors (Lipinski definition) is 7. The molecule has 0 bridgehead atoms. The van der Waals surface area contributed by atoms with Crippen LogP contribution >= 0.6 is 0 Å². The van der Waals surface area contributed by atoms with Crippen molar-refractivity contribution in [2.24, 2.45) is 5.84 Å². The number of anilines is 2. The smallest absolute Gasteiger partial charge is 0.305 e. The molecule has 0 fully saturated rings. The Bertz CT molecular complexity index is 1190. The molecule has 1 aliphatic rings. The number of pyridine rings is 1. The molecule has 198 valence electrons. The maximum absolute atomic E-state index is 11.7. The molecule has 4 N–H and O–H groups in total. The van der Waals surface area contributed by atoms with Crippen LogP contribution in [0.5, 0.6) is 5.75 Å². The molecule has 3 aromatic rings. The Morgan fingerprint density at radius 1 is 1.24 bits per heavy atom. The predicted octanol–water partition coefficient (Wildman–Crippen LogP) is 4.52. The Morgan fingerprint density at radius 2 is 2.11 bits per heavy atom. The van der Waals surface area contributed by atoms with Crippen molar-refractivity contribution in [2.45, 2.75) is 71.4 Å². The van der Waals surface area contributed by atoms with Gasteiger partial charge in [-0.25, -0.2) is 10.8 Å². The summed E-state index contributed by atoms with van der Waals surface area (Å²) in [4.78, 5) is 16.4. The van der Waals surface area contributed by atoms with E-state index in [2.05, 4.69) is 36.4 Å². The van der Waals surface area contributed by atoms with Crippen molar-refractivity contribution in [1.29, 1.82) is 0 Å². The molecule has 1 aromatic carbocycles. The largest absolute Gasteiger partial charge is 0.493 e. The number of rotatable bonds is 13. The van der Waals surface area contributed by atoms with Crippen molar-refractivity contribution >= 4 is 17.5 Å². The zero-order valence-electron chi connectivity index (χ0n) is 21.8. The van der Waals surface area contributed by atoms with Crippen molar-refractivity contribution in [3.8, 4) is 5.75 Å². The highest BCUT2D eigenvalue weighted by Crippen LogP contribution is 2.32. The molecule has 9 nitrogen and oxygen atoms in total. The minimum atomic E-state index is -0.910. The number of carboxylic acids is 1. The van der Waals surface area contributed by atoms with Gasteiger partial charge in [-0.05, 0) is 61.1 Å². The van der Waals surface area contributed by atoms with Crippen LogP contribution in [0.3, 0.4) is 0 Å². The van der Waals surface area contributed by atoms with Gasteiger partial charge in [0, 0.05) is 37.0 Å². The minimum Gasteiger partial charge on any atom is -0.493 e. The molecule has 0 amide bonds. The van der Waals surface area contributed by atoms with E-state index in [1.54, 1.807) is 11.2 Å². The number of carbonyl (C=O) groups is 1. The number of nitrogens with one attached hydrogen (secondary N) is 1. The quantitative estimate of drug-likeness (QED) is 0.229. The fourth-order valence-electron chi connectivity index (χ4n) is 4.77. The van der Waals surface area contributed by atoms with Gasteiger partial charge in [0.25, 0.3) is 0 Å². The maximum Gasteiger partial charge on any atom is 0.305 e. The van der Waals surface area contributed by atoms with Gasteiger partial charge >= 0.3 is 5.97 Å². The summed E-state index contributed by atoms with van der Waals surface area (Å²) in [6.07, 6.45) is 9.08. The molecule has 4 rings (SSSR count). The van der Waals surface area contributed by atoms with Gasteiger partial charge in [-0.3, -0.25) is 9.48 Å². The number of nitrogens with two attached hydrogens (primary N) is 1. The monoisotopic (exact) mass is 506 g/mol. The van der Waals surface area contributed by atoms with E-state index in [1.807, 2.05) is 29.1 Å². The molecule has 1 atom stereocenters. The Hall–Kier alpha value is -3.59. The van der Waals surface area contributed by atoms with E-state index in [9.17, 15) is 9.90 Å². The van der Waals surface area contributed by atoms with E-state index in [-0.39, 0.29) is 6.42 Å². The second kappa shape index (κ2) is 12.6. The first-order valence-corrected chi connectivity index (χ1v) is 13.2. The number of ether oxygens (including phenoxy) is 1. The third-order valence-corrected chi connectivity index (χ3v) is 6.62. The van der Waals surface area contributed by atoms with Gasteiger partial charge in [0.15, 0.2) is 0 Å². The standard InChI is InChI=1S/C28H38N6O3/c1-3-6-21-16-24(37-15-12-23-9-8-20-7-5-13-30-28(20)32-23)10-11-25(21)34(29)26(17-27(35)36)22-18-31-33(19-22)14-4-2/h8-11,16,18-19,26H,3-7,12-15,17,29H2,1-2H3,(H,30,32)(H,35,36). The topological polar surface area (TPSA) is 119 Å². The molecule has 1 aliphatic heterocycles. The summed E-state index contributed by atoms with van der Waals surface area (Å²) in [5.41, 5.74) is 4.89. The Balaban J connectivity index is 1.47. The number of aliphatic carboxylic acids is 1. The lowest BCUT2D eigenvalue weighted by Gasteiger charge is -2.30. The third-order valence-electron chi connectivity index (χ3n) is 6.62. The first kappa shape index (κ1) is 26.5. The van der Waals surface area contributed by atoms with E-state index in [0.29, 0.717) is 13.0 Å². The van der Waals surface area contributed by atoms with Gasteiger partial charge in [-0.1, -0.05) is 26.3 Å². The highest BCUT2D eigenvalue weighted by molar-refractivity contribution is 5.69. The number of fused-ring (bicyclic) bond motifs is 1. The third kappa shape index (κ3) is 6.80. The first-order valence-electron chi connectivity index (χ1n) is 13.2. The van der Waals surface area contributed by atoms with Crippen LogP contribution in [0.15, 0.2) is 42.7 Å². The summed E-state index contributed by atoms with van der Waals surface area (Å²) in [5, 5.41) is 18.9. The number of aromatic nitrogens is 3. The van der Waals surface area contributed by atoms with Crippen LogP contribution in [0.2, 0.25) is 0 Å². The number of benzene rings is 1. The molecule has 3 heterocycles. The van der Waals surface area contributed by atoms with E-state index in [1.165, 1.54) is 5.56 Å².